The maximum absolute atomic E-state index is 13.4. The summed E-state index contributed by atoms with van der Waals surface area (Å²) in [6, 6.07) is 19.7. The Morgan fingerprint density at radius 1 is 1.07 bits per heavy atom. The molecule has 0 fully saturated rings. The molecule has 2 aromatic heterocycles. The highest BCUT2D eigenvalue weighted by atomic mass is 16.2. The lowest BCUT2D eigenvalue weighted by Crippen LogP contribution is -2.36. The van der Waals surface area contributed by atoms with Gasteiger partial charge in [-0.25, -0.2) is 9.97 Å². The summed E-state index contributed by atoms with van der Waals surface area (Å²) in [6.45, 7) is 3.93. The van der Waals surface area contributed by atoms with Crippen molar-refractivity contribution in [3.63, 3.8) is 0 Å². The topological polar surface area (TPSA) is 71.0 Å². The normalized spacial score (nSPS) is 15.3. The summed E-state index contributed by atoms with van der Waals surface area (Å²) in [5.41, 5.74) is 4.88. The first kappa shape index (κ1) is 18.2. The van der Waals surface area contributed by atoms with Gasteiger partial charge >= 0.3 is 0 Å². The Morgan fingerprint density at radius 2 is 1.90 bits per heavy atom. The standard InChI is InChI=1S/C24H21N5O/c1-15-13-20(23(30)29-16(2)14-18-7-3-4-11-21(18)29)28-24(26-15)27-19-10-5-8-17-9-6-12-25-22(17)19/h3-13,16H,14H2,1-2H3,(H,26,27,28). The Labute approximate surface area is 174 Å². The van der Waals surface area contributed by atoms with E-state index in [1.807, 2.05) is 60.4 Å². The number of hydrogen-bond donors (Lipinski definition) is 1. The molecule has 0 spiro atoms. The summed E-state index contributed by atoms with van der Waals surface area (Å²) in [5.74, 6) is 0.272. The number of benzene rings is 2. The molecule has 5 rings (SSSR count). The van der Waals surface area contributed by atoms with Gasteiger partial charge in [0.2, 0.25) is 5.95 Å². The maximum Gasteiger partial charge on any atom is 0.277 e. The Kier molecular flexibility index (Phi) is 4.39. The number of pyridine rings is 1. The predicted octanol–water partition coefficient (Wildman–Crippen LogP) is 4.67. The van der Waals surface area contributed by atoms with Crippen LogP contribution in [0, 0.1) is 6.92 Å². The van der Waals surface area contributed by atoms with Gasteiger partial charge in [0.15, 0.2) is 0 Å². The number of carbonyl (C=O) groups is 1. The maximum atomic E-state index is 13.4. The van der Waals surface area contributed by atoms with Crippen molar-refractivity contribution in [1.29, 1.82) is 0 Å². The van der Waals surface area contributed by atoms with E-state index in [0.29, 0.717) is 11.6 Å². The van der Waals surface area contributed by atoms with Gasteiger partial charge in [-0.2, -0.15) is 0 Å². The summed E-state index contributed by atoms with van der Waals surface area (Å²) < 4.78 is 0. The summed E-state index contributed by atoms with van der Waals surface area (Å²) in [4.78, 5) is 28.7. The molecule has 1 aliphatic heterocycles. The molecule has 0 saturated heterocycles. The largest absolute Gasteiger partial charge is 0.322 e. The first-order valence-corrected chi connectivity index (χ1v) is 9.98. The first-order chi connectivity index (χ1) is 14.6. The molecule has 2 aromatic carbocycles. The second-order valence-corrected chi connectivity index (χ2v) is 7.58. The monoisotopic (exact) mass is 395 g/mol. The average Bonchev–Trinajstić information content (AvgIpc) is 3.09. The summed E-state index contributed by atoms with van der Waals surface area (Å²) >= 11 is 0. The number of rotatable bonds is 3. The molecule has 30 heavy (non-hydrogen) atoms. The van der Waals surface area contributed by atoms with Crippen molar-refractivity contribution in [2.45, 2.75) is 26.3 Å². The molecule has 148 valence electrons. The first-order valence-electron chi connectivity index (χ1n) is 9.98. The van der Waals surface area contributed by atoms with Crippen molar-refractivity contribution >= 4 is 34.1 Å². The number of amides is 1. The van der Waals surface area contributed by atoms with E-state index in [2.05, 4.69) is 33.3 Å². The number of para-hydroxylation sites is 2. The average molecular weight is 395 g/mol. The van der Waals surface area contributed by atoms with Crippen LogP contribution in [-0.4, -0.2) is 26.9 Å². The molecule has 6 nitrogen and oxygen atoms in total. The number of nitrogens with one attached hydrogen (secondary N) is 1. The second kappa shape index (κ2) is 7.22. The van der Waals surface area contributed by atoms with Gasteiger partial charge in [0.1, 0.15) is 5.69 Å². The van der Waals surface area contributed by atoms with Crippen molar-refractivity contribution in [3.8, 4) is 0 Å². The van der Waals surface area contributed by atoms with Crippen LogP contribution in [0.25, 0.3) is 10.9 Å². The fourth-order valence-corrected chi connectivity index (χ4v) is 4.06. The third-order valence-electron chi connectivity index (χ3n) is 5.38. The van der Waals surface area contributed by atoms with Crippen LogP contribution < -0.4 is 10.2 Å². The molecule has 1 unspecified atom stereocenters. The van der Waals surface area contributed by atoms with E-state index in [0.717, 1.165) is 34.4 Å². The van der Waals surface area contributed by atoms with E-state index in [9.17, 15) is 4.79 Å². The molecule has 1 aliphatic rings. The van der Waals surface area contributed by atoms with Gasteiger partial charge in [0, 0.05) is 29.0 Å². The van der Waals surface area contributed by atoms with Gasteiger partial charge in [-0.05, 0) is 50.1 Å². The molecule has 1 atom stereocenters. The molecular formula is C24H21N5O. The van der Waals surface area contributed by atoms with Gasteiger partial charge in [-0.1, -0.05) is 36.4 Å². The van der Waals surface area contributed by atoms with Crippen LogP contribution in [0.1, 0.15) is 28.7 Å². The number of hydrogen-bond acceptors (Lipinski definition) is 5. The minimum absolute atomic E-state index is 0.0869. The lowest BCUT2D eigenvalue weighted by molar-refractivity contribution is 0.0976. The van der Waals surface area contributed by atoms with E-state index >= 15 is 0 Å². The Bertz CT molecular complexity index is 1260. The highest BCUT2D eigenvalue weighted by Crippen LogP contribution is 2.33. The number of aromatic nitrogens is 3. The Morgan fingerprint density at radius 3 is 2.80 bits per heavy atom. The second-order valence-electron chi connectivity index (χ2n) is 7.58. The summed E-state index contributed by atoms with van der Waals surface area (Å²) in [5, 5.41) is 4.27. The van der Waals surface area contributed by atoms with Crippen molar-refractivity contribution < 1.29 is 4.79 Å². The quantitative estimate of drug-likeness (QED) is 0.546. The minimum atomic E-state index is -0.114. The van der Waals surface area contributed by atoms with Gasteiger partial charge < -0.3 is 10.2 Å². The van der Waals surface area contributed by atoms with E-state index in [4.69, 9.17) is 0 Å². The van der Waals surface area contributed by atoms with Crippen LogP contribution in [0.4, 0.5) is 17.3 Å². The Hall–Kier alpha value is -3.80. The summed E-state index contributed by atoms with van der Waals surface area (Å²) in [7, 11) is 0. The number of carbonyl (C=O) groups excluding carboxylic acids is 1. The molecule has 0 radical (unpaired) electrons. The van der Waals surface area contributed by atoms with Gasteiger partial charge in [-0.15, -0.1) is 0 Å². The van der Waals surface area contributed by atoms with Crippen LogP contribution in [0.5, 0.6) is 0 Å². The van der Waals surface area contributed by atoms with Crippen LogP contribution in [0.2, 0.25) is 0 Å². The molecule has 0 bridgehead atoms. The van der Waals surface area contributed by atoms with Crippen LogP contribution in [-0.2, 0) is 6.42 Å². The van der Waals surface area contributed by atoms with E-state index in [1.54, 1.807) is 12.3 Å². The number of aryl methyl sites for hydroxylation is 1. The zero-order chi connectivity index (χ0) is 20.7. The lowest BCUT2D eigenvalue weighted by atomic mass is 10.1. The van der Waals surface area contributed by atoms with Gasteiger partial charge in [-0.3, -0.25) is 9.78 Å². The molecule has 3 heterocycles. The molecule has 1 amide bonds. The lowest BCUT2D eigenvalue weighted by Gasteiger charge is -2.22. The minimum Gasteiger partial charge on any atom is -0.322 e. The van der Waals surface area contributed by atoms with Gasteiger partial charge in [0.25, 0.3) is 5.91 Å². The zero-order valence-corrected chi connectivity index (χ0v) is 16.8. The molecule has 4 aromatic rings. The third kappa shape index (κ3) is 3.16. The van der Waals surface area contributed by atoms with Crippen molar-refractivity contribution in [2.24, 2.45) is 0 Å². The van der Waals surface area contributed by atoms with Gasteiger partial charge in [0.05, 0.1) is 11.2 Å². The summed E-state index contributed by atoms with van der Waals surface area (Å²) in [6.07, 6.45) is 2.60. The predicted molar refractivity (Wildman–Crippen MR) is 118 cm³/mol. The highest BCUT2D eigenvalue weighted by molar-refractivity contribution is 6.06. The molecule has 1 N–H and O–H groups in total. The molecule has 0 saturated carbocycles. The zero-order valence-electron chi connectivity index (χ0n) is 16.8. The van der Waals surface area contributed by atoms with E-state index in [1.165, 1.54) is 5.56 Å². The highest BCUT2D eigenvalue weighted by Gasteiger charge is 2.32. The van der Waals surface area contributed by atoms with Crippen molar-refractivity contribution in [1.82, 2.24) is 15.0 Å². The van der Waals surface area contributed by atoms with E-state index < -0.39 is 0 Å². The smallest absolute Gasteiger partial charge is 0.277 e. The van der Waals surface area contributed by atoms with Crippen molar-refractivity contribution in [2.75, 3.05) is 10.2 Å². The van der Waals surface area contributed by atoms with Crippen molar-refractivity contribution in [3.05, 3.63) is 83.8 Å². The number of fused-ring (bicyclic) bond motifs is 2. The number of anilines is 3. The third-order valence-corrected chi connectivity index (χ3v) is 5.38. The Balaban J connectivity index is 1.50. The molecular weight excluding hydrogens is 374 g/mol. The fourth-order valence-electron chi connectivity index (χ4n) is 4.06. The van der Waals surface area contributed by atoms with Crippen LogP contribution in [0.15, 0.2) is 66.9 Å². The SMILES string of the molecule is Cc1cc(C(=O)N2c3ccccc3CC2C)nc(Nc2cccc3cccnc23)n1. The molecule has 6 heteroatoms. The molecule has 0 aliphatic carbocycles. The fraction of sp³-hybridized carbons (Fsp3) is 0.167. The van der Waals surface area contributed by atoms with Crippen LogP contribution >= 0.6 is 0 Å². The number of nitrogens with zero attached hydrogens (tertiary/aromatic N) is 4. The van der Waals surface area contributed by atoms with Crippen LogP contribution in [0.3, 0.4) is 0 Å². The van der Waals surface area contributed by atoms with E-state index in [-0.39, 0.29) is 11.9 Å².